The maximum atomic E-state index is 5.85. The quantitative estimate of drug-likeness (QED) is 0.337. The number of nitrogens with zero attached hydrogens (tertiary/aromatic N) is 1. The summed E-state index contributed by atoms with van der Waals surface area (Å²) < 4.78 is 17.2. The molecular weight excluding hydrogens is 222 g/mol. The number of hydrogen-bond donors (Lipinski definition) is 0. The zero-order chi connectivity index (χ0) is 12.4. The highest BCUT2D eigenvalue weighted by Gasteiger charge is 2.34. The van der Waals surface area contributed by atoms with E-state index in [0.29, 0.717) is 6.73 Å². The molecule has 0 aliphatic carbocycles. The molecule has 0 rings (SSSR count). The molecule has 16 heavy (non-hydrogen) atoms. The van der Waals surface area contributed by atoms with Gasteiger partial charge in [-0.1, -0.05) is 6.92 Å². The van der Waals surface area contributed by atoms with Gasteiger partial charge in [-0.15, -0.1) is 0 Å². The van der Waals surface area contributed by atoms with E-state index in [1.807, 2.05) is 32.8 Å². The van der Waals surface area contributed by atoms with Crippen molar-refractivity contribution in [2.24, 2.45) is 0 Å². The van der Waals surface area contributed by atoms with Crippen molar-refractivity contribution in [3.63, 3.8) is 0 Å². The van der Waals surface area contributed by atoms with Gasteiger partial charge in [0, 0.05) is 19.3 Å². The van der Waals surface area contributed by atoms with Gasteiger partial charge in [-0.2, -0.15) is 0 Å². The van der Waals surface area contributed by atoms with Crippen molar-refractivity contribution < 1.29 is 13.6 Å². The van der Waals surface area contributed by atoms with Crippen LogP contribution in [-0.2, 0) is 13.6 Å². The van der Waals surface area contributed by atoms with Crippen molar-refractivity contribution in [1.29, 1.82) is 0 Å². The first-order valence-electron chi connectivity index (χ1n) is 6.10. The molecule has 0 heterocycles. The van der Waals surface area contributed by atoms with Crippen molar-refractivity contribution in [2.45, 2.75) is 32.9 Å². The van der Waals surface area contributed by atoms with Crippen LogP contribution in [0.15, 0.2) is 0 Å². The summed E-state index contributed by atoms with van der Waals surface area (Å²) in [5, 5.41) is 0. The third-order valence-corrected chi connectivity index (χ3v) is 6.00. The van der Waals surface area contributed by atoms with Crippen LogP contribution in [0.3, 0.4) is 0 Å². The Morgan fingerprint density at radius 2 is 1.56 bits per heavy atom. The summed E-state index contributed by atoms with van der Waals surface area (Å²) in [6, 6.07) is 1.90. The average Bonchev–Trinajstić information content (AvgIpc) is 2.24. The average molecular weight is 249 g/mol. The molecule has 4 nitrogen and oxygen atoms in total. The van der Waals surface area contributed by atoms with E-state index in [4.69, 9.17) is 13.6 Å². The van der Waals surface area contributed by atoms with Crippen LogP contribution in [0.1, 0.15) is 20.8 Å². The molecule has 0 aromatic carbocycles. The molecule has 0 aliphatic heterocycles. The van der Waals surface area contributed by atoms with Crippen molar-refractivity contribution in [3.05, 3.63) is 0 Å². The van der Waals surface area contributed by atoms with Gasteiger partial charge in [0.05, 0.1) is 13.3 Å². The first kappa shape index (κ1) is 16.1. The molecule has 0 aromatic rings. The predicted molar refractivity (Wildman–Crippen MR) is 68.8 cm³/mol. The summed E-state index contributed by atoms with van der Waals surface area (Å²) in [5.74, 6) is 0. The van der Waals surface area contributed by atoms with Gasteiger partial charge in [-0.05, 0) is 34.0 Å². The van der Waals surface area contributed by atoms with Crippen LogP contribution in [0.25, 0.3) is 0 Å². The molecule has 0 fully saturated rings. The molecule has 0 saturated heterocycles. The Bertz CT molecular complexity index is 161. The zero-order valence-electron chi connectivity index (χ0n) is 11.4. The molecule has 0 bridgehead atoms. The molecule has 0 N–H and O–H groups in total. The van der Waals surface area contributed by atoms with Gasteiger partial charge in [0.25, 0.3) is 0 Å². The highest BCUT2D eigenvalue weighted by Crippen LogP contribution is 2.18. The van der Waals surface area contributed by atoms with E-state index >= 15 is 0 Å². The van der Waals surface area contributed by atoms with Gasteiger partial charge >= 0.3 is 8.56 Å². The van der Waals surface area contributed by atoms with E-state index in [9.17, 15) is 0 Å². The van der Waals surface area contributed by atoms with Crippen LogP contribution in [0.5, 0.6) is 0 Å². The zero-order valence-corrected chi connectivity index (χ0v) is 12.4. The normalized spacial score (nSPS) is 12.4. The number of ether oxygens (including phenoxy) is 1. The lowest BCUT2D eigenvalue weighted by Gasteiger charge is -2.29. The van der Waals surface area contributed by atoms with Crippen LogP contribution >= 0.6 is 0 Å². The van der Waals surface area contributed by atoms with Gasteiger partial charge in [-0.25, -0.2) is 0 Å². The van der Waals surface area contributed by atoms with E-state index in [0.717, 1.165) is 31.9 Å². The van der Waals surface area contributed by atoms with Crippen molar-refractivity contribution in [3.8, 4) is 0 Å². The highest BCUT2D eigenvalue weighted by molar-refractivity contribution is 6.67. The van der Waals surface area contributed by atoms with Gasteiger partial charge in [0.2, 0.25) is 0 Å². The summed E-state index contributed by atoms with van der Waals surface area (Å²) in [7, 11) is 2.01. The van der Waals surface area contributed by atoms with Gasteiger partial charge in [0.1, 0.15) is 0 Å². The molecule has 0 aromatic heterocycles. The summed E-state index contributed by atoms with van der Waals surface area (Å²) >= 11 is 0. The minimum Gasteiger partial charge on any atom is -0.394 e. The second-order valence-electron chi connectivity index (χ2n) is 4.00. The van der Waals surface area contributed by atoms with Crippen molar-refractivity contribution in [2.75, 3.05) is 40.6 Å². The lowest BCUT2D eigenvalue weighted by molar-refractivity contribution is 0.0583. The Morgan fingerprint density at radius 3 is 1.94 bits per heavy atom. The Kier molecular flexibility index (Phi) is 9.16. The molecule has 0 saturated carbocycles. The van der Waals surface area contributed by atoms with Gasteiger partial charge in [-0.3, -0.25) is 4.90 Å². The second kappa shape index (κ2) is 9.12. The fourth-order valence-electron chi connectivity index (χ4n) is 1.57. The molecule has 0 atom stereocenters. The Labute approximate surface area is 101 Å². The van der Waals surface area contributed by atoms with E-state index in [1.165, 1.54) is 0 Å². The predicted octanol–water partition coefficient (Wildman–Crippen LogP) is 2.06. The number of rotatable bonds is 10. The fourth-order valence-corrected chi connectivity index (χ4v) is 4.21. The standard InChI is InChI=1S/C11H27NO3Si/c1-6-14-16(8-3,15-7-2)10-9-13-11-12(4)5/h6-11H2,1-5H3. The van der Waals surface area contributed by atoms with Crippen LogP contribution in [0.2, 0.25) is 12.1 Å². The molecule has 0 aliphatic rings. The second-order valence-corrected chi connectivity index (χ2v) is 7.60. The van der Waals surface area contributed by atoms with E-state index in [1.54, 1.807) is 0 Å². The maximum Gasteiger partial charge on any atom is 0.340 e. The largest absolute Gasteiger partial charge is 0.394 e. The summed E-state index contributed by atoms with van der Waals surface area (Å²) in [6.45, 7) is 9.03. The Hall–Kier alpha value is 0.0569. The number of hydrogen-bond acceptors (Lipinski definition) is 4. The summed E-state index contributed by atoms with van der Waals surface area (Å²) in [5.41, 5.74) is 0. The monoisotopic (exact) mass is 249 g/mol. The SMILES string of the molecule is CCO[Si](CC)(CCOCN(C)C)OCC. The Morgan fingerprint density at radius 1 is 1.00 bits per heavy atom. The molecule has 0 spiro atoms. The molecule has 0 unspecified atom stereocenters. The van der Waals surface area contributed by atoms with Crippen LogP contribution in [0, 0.1) is 0 Å². The smallest absolute Gasteiger partial charge is 0.340 e. The molecular formula is C11H27NO3Si. The topological polar surface area (TPSA) is 30.9 Å². The van der Waals surface area contributed by atoms with E-state index < -0.39 is 8.56 Å². The van der Waals surface area contributed by atoms with Crippen LogP contribution < -0.4 is 0 Å². The van der Waals surface area contributed by atoms with E-state index in [2.05, 4.69) is 6.92 Å². The first-order valence-corrected chi connectivity index (χ1v) is 8.33. The molecule has 0 radical (unpaired) electrons. The van der Waals surface area contributed by atoms with Crippen LogP contribution in [-0.4, -0.2) is 54.1 Å². The maximum absolute atomic E-state index is 5.85. The summed E-state index contributed by atoms with van der Waals surface area (Å²) in [4.78, 5) is 2.01. The van der Waals surface area contributed by atoms with Gasteiger partial charge in [0.15, 0.2) is 0 Å². The highest BCUT2D eigenvalue weighted by atomic mass is 28.4. The van der Waals surface area contributed by atoms with E-state index in [-0.39, 0.29) is 0 Å². The third kappa shape index (κ3) is 6.60. The minimum atomic E-state index is -1.99. The fraction of sp³-hybridized carbons (Fsp3) is 1.00. The Balaban J connectivity index is 3.98. The lowest BCUT2D eigenvalue weighted by atomic mass is 10.8. The van der Waals surface area contributed by atoms with Crippen molar-refractivity contribution >= 4 is 8.56 Å². The van der Waals surface area contributed by atoms with Crippen molar-refractivity contribution in [1.82, 2.24) is 4.90 Å². The molecule has 0 amide bonds. The summed E-state index contributed by atoms with van der Waals surface area (Å²) in [6.07, 6.45) is 0. The van der Waals surface area contributed by atoms with Crippen LogP contribution in [0.4, 0.5) is 0 Å². The van der Waals surface area contributed by atoms with Gasteiger partial charge < -0.3 is 13.6 Å². The molecule has 98 valence electrons. The third-order valence-electron chi connectivity index (χ3n) is 2.33. The minimum absolute atomic E-state index is 0.659. The molecule has 5 heteroatoms. The lowest BCUT2D eigenvalue weighted by Crippen LogP contribution is -2.42. The first-order chi connectivity index (χ1) is 7.60.